The van der Waals surface area contributed by atoms with Crippen molar-refractivity contribution in [1.29, 1.82) is 0 Å². The van der Waals surface area contributed by atoms with Gasteiger partial charge in [-0.2, -0.15) is 0 Å². The van der Waals surface area contributed by atoms with Crippen LogP contribution in [0.3, 0.4) is 0 Å². The maximum absolute atomic E-state index is 2.53. The molecule has 0 aromatic heterocycles. The average Bonchev–Trinajstić information content (AvgIpc) is 1.91. The van der Waals surface area contributed by atoms with E-state index < -0.39 is 0 Å². The van der Waals surface area contributed by atoms with Crippen LogP contribution < -0.4 is 0 Å². The number of rotatable bonds is 3. The van der Waals surface area contributed by atoms with Crippen LogP contribution in [0.2, 0.25) is 0 Å². The fraction of sp³-hybridized carbons (Fsp3) is 0.833. The summed E-state index contributed by atoms with van der Waals surface area (Å²) in [6, 6.07) is 0. The molecule has 1 aliphatic rings. The van der Waals surface area contributed by atoms with Crippen LogP contribution in [0.25, 0.3) is 0 Å². The Morgan fingerprint density at radius 1 is 1.31 bits per heavy atom. The van der Waals surface area contributed by atoms with Crippen LogP contribution in [0.15, 0.2) is 11.6 Å². The van der Waals surface area contributed by atoms with E-state index in [0.717, 1.165) is 0 Å². The van der Waals surface area contributed by atoms with E-state index in [1.54, 1.807) is 5.57 Å². The van der Waals surface area contributed by atoms with E-state index in [1.807, 2.05) is 0 Å². The molecule has 1 rings (SSSR count). The predicted octanol–water partition coefficient (Wildman–Crippen LogP) is 3.07. The highest BCUT2D eigenvalue weighted by atomic mass is 15.2. The zero-order valence-electron chi connectivity index (χ0n) is 9.56. The highest BCUT2D eigenvalue weighted by Gasteiger charge is 2.20. The van der Waals surface area contributed by atoms with Gasteiger partial charge in [-0.05, 0) is 24.0 Å². The van der Waals surface area contributed by atoms with Crippen molar-refractivity contribution >= 4 is 0 Å². The second kappa shape index (κ2) is 4.28. The Hall–Kier alpha value is -0.300. The third-order valence-electron chi connectivity index (χ3n) is 2.32. The van der Waals surface area contributed by atoms with E-state index in [2.05, 4.69) is 38.7 Å². The summed E-state index contributed by atoms with van der Waals surface area (Å²) in [5, 5.41) is 0. The lowest BCUT2D eigenvalue weighted by Gasteiger charge is -2.35. The summed E-state index contributed by atoms with van der Waals surface area (Å²) in [6.45, 7) is 12.8. The largest absolute Gasteiger partial charge is 0.295 e. The normalized spacial score (nSPS) is 18.6. The molecule has 1 fully saturated rings. The van der Waals surface area contributed by atoms with E-state index in [4.69, 9.17) is 0 Å². The van der Waals surface area contributed by atoms with E-state index in [9.17, 15) is 0 Å². The van der Waals surface area contributed by atoms with Gasteiger partial charge in [0.1, 0.15) is 0 Å². The summed E-state index contributed by atoms with van der Waals surface area (Å²) < 4.78 is 0. The van der Waals surface area contributed by atoms with Gasteiger partial charge in [0.15, 0.2) is 0 Å². The number of hydrogen-bond donors (Lipinski definition) is 0. The fourth-order valence-electron chi connectivity index (χ4n) is 1.77. The van der Waals surface area contributed by atoms with Crippen molar-refractivity contribution in [2.24, 2.45) is 5.41 Å². The molecular weight excluding hydrogens is 158 g/mol. The third kappa shape index (κ3) is 3.95. The lowest BCUT2D eigenvalue weighted by molar-refractivity contribution is 0.242. The van der Waals surface area contributed by atoms with Gasteiger partial charge >= 0.3 is 0 Å². The number of unbranched alkanes of at least 4 members (excludes halogenated alkanes) is 1. The summed E-state index contributed by atoms with van der Waals surface area (Å²) >= 11 is 0. The molecule has 0 spiro atoms. The summed E-state index contributed by atoms with van der Waals surface area (Å²) in [4.78, 5) is 2.53. The number of allylic oxidation sites excluding steroid dienone is 1. The van der Waals surface area contributed by atoms with E-state index in [0.29, 0.717) is 5.41 Å². The molecule has 1 heterocycles. The Labute approximate surface area is 82.8 Å². The lowest BCUT2D eigenvalue weighted by Crippen LogP contribution is -2.41. The van der Waals surface area contributed by atoms with E-state index in [-0.39, 0.29) is 0 Å². The monoisotopic (exact) mass is 181 g/mol. The summed E-state index contributed by atoms with van der Waals surface area (Å²) in [5.41, 5.74) is 2.00. The molecular formula is C12H23N. The molecule has 1 nitrogen and oxygen atoms in total. The Morgan fingerprint density at radius 3 is 2.38 bits per heavy atom. The van der Waals surface area contributed by atoms with Crippen LogP contribution >= 0.6 is 0 Å². The van der Waals surface area contributed by atoms with Crippen LogP contribution in [-0.4, -0.2) is 24.5 Å². The summed E-state index contributed by atoms with van der Waals surface area (Å²) in [7, 11) is 0. The molecule has 13 heavy (non-hydrogen) atoms. The van der Waals surface area contributed by atoms with Crippen molar-refractivity contribution in [3.63, 3.8) is 0 Å². The first-order valence-electron chi connectivity index (χ1n) is 5.44. The van der Waals surface area contributed by atoms with Gasteiger partial charge in [0.25, 0.3) is 0 Å². The molecule has 0 amide bonds. The zero-order valence-corrected chi connectivity index (χ0v) is 9.56. The molecule has 76 valence electrons. The molecule has 0 aromatic rings. The van der Waals surface area contributed by atoms with Crippen molar-refractivity contribution in [3.8, 4) is 0 Å². The maximum Gasteiger partial charge on any atom is 0.0209 e. The molecule has 0 saturated carbocycles. The lowest BCUT2D eigenvalue weighted by atomic mass is 9.91. The predicted molar refractivity (Wildman–Crippen MR) is 58.9 cm³/mol. The first-order valence-corrected chi connectivity index (χ1v) is 5.44. The van der Waals surface area contributed by atoms with Crippen molar-refractivity contribution in [2.45, 2.75) is 40.5 Å². The van der Waals surface area contributed by atoms with Gasteiger partial charge in [-0.15, -0.1) is 0 Å². The standard InChI is InChI=1S/C12H23N/c1-5-6-7-13-9-11(10-13)8-12(2,3)4/h8H,5-7,9-10H2,1-4H3. The van der Waals surface area contributed by atoms with Crippen molar-refractivity contribution in [1.82, 2.24) is 4.90 Å². The molecule has 0 radical (unpaired) electrons. The van der Waals surface area contributed by atoms with Crippen LogP contribution in [0.5, 0.6) is 0 Å². The molecule has 0 aliphatic carbocycles. The van der Waals surface area contributed by atoms with Gasteiger partial charge in [0.05, 0.1) is 0 Å². The quantitative estimate of drug-likeness (QED) is 0.605. The van der Waals surface area contributed by atoms with Gasteiger partial charge in [-0.25, -0.2) is 0 Å². The van der Waals surface area contributed by atoms with Crippen molar-refractivity contribution in [3.05, 3.63) is 11.6 Å². The van der Waals surface area contributed by atoms with Gasteiger partial charge in [-0.3, -0.25) is 4.90 Å². The van der Waals surface area contributed by atoms with Crippen LogP contribution in [0, 0.1) is 5.41 Å². The topological polar surface area (TPSA) is 3.24 Å². The number of nitrogens with zero attached hydrogens (tertiary/aromatic N) is 1. The molecule has 0 aromatic carbocycles. The Bertz CT molecular complexity index is 178. The van der Waals surface area contributed by atoms with E-state index >= 15 is 0 Å². The van der Waals surface area contributed by atoms with Crippen LogP contribution in [0.4, 0.5) is 0 Å². The molecule has 1 saturated heterocycles. The molecule has 1 heteroatoms. The minimum Gasteiger partial charge on any atom is -0.295 e. The van der Waals surface area contributed by atoms with Crippen molar-refractivity contribution < 1.29 is 0 Å². The third-order valence-corrected chi connectivity index (χ3v) is 2.32. The molecule has 0 unspecified atom stereocenters. The van der Waals surface area contributed by atoms with Crippen LogP contribution in [-0.2, 0) is 0 Å². The summed E-state index contributed by atoms with van der Waals surface area (Å²) in [5.74, 6) is 0. The number of hydrogen-bond acceptors (Lipinski definition) is 1. The SMILES string of the molecule is CCCCN1CC(=CC(C)(C)C)C1. The Morgan fingerprint density at radius 2 is 1.92 bits per heavy atom. The smallest absolute Gasteiger partial charge is 0.0209 e. The van der Waals surface area contributed by atoms with Gasteiger partial charge < -0.3 is 0 Å². The first-order chi connectivity index (χ1) is 6.01. The molecule has 0 N–H and O–H groups in total. The zero-order chi connectivity index (χ0) is 9.90. The van der Waals surface area contributed by atoms with E-state index in [1.165, 1.54) is 32.5 Å². The summed E-state index contributed by atoms with van der Waals surface area (Å²) in [6.07, 6.45) is 5.09. The Kier molecular flexibility index (Phi) is 3.55. The second-order valence-electron chi connectivity index (χ2n) is 5.23. The molecule has 0 atom stereocenters. The highest BCUT2D eigenvalue weighted by Crippen LogP contribution is 2.23. The van der Waals surface area contributed by atoms with Gasteiger partial charge in [0, 0.05) is 13.1 Å². The highest BCUT2D eigenvalue weighted by molar-refractivity contribution is 5.17. The molecule has 0 bridgehead atoms. The minimum absolute atomic E-state index is 0.367. The number of likely N-dealkylation sites (tertiary alicyclic amines) is 1. The average molecular weight is 181 g/mol. The van der Waals surface area contributed by atoms with Crippen molar-refractivity contribution in [2.75, 3.05) is 19.6 Å². The molecule has 1 aliphatic heterocycles. The fourth-order valence-corrected chi connectivity index (χ4v) is 1.77. The Balaban J connectivity index is 2.21. The first kappa shape index (κ1) is 10.8. The maximum atomic E-state index is 2.53. The van der Waals surface area contributed by atoms with Crippen LogP contribution in [0.1, 0.15) is 40.5 Å². The van der Waals surface area contributed by atoms with Gasteiger partial charge in [-0.1, -0.05) is 40.2 Å². The van der Waals surface area contributed by atoms with Gasteiger partial charge in [0.2, 0.25) is 0 Å². The second-order valence-corrected chi connectivity index (χ2v) is 5.23. The minimum atomic E-state index is 0.367.